The molecule has 0 aromatic heterocycles. The van der Waals surface area contributed by atoms with Gasteiger partial charge in [0.25, 0.3) is 0 Å². The van der Waals surface area contributed by atoms with Crippen molar-refractivity contribution >= 4 is 0 Å². The standard InChI is InChI=1S/C17H27NO/c1-5-8-18-12-17(3,4)11-15-10-14-9-13(2)6-7-16(14)19-15/h6-7,9,15,18H,5,8,10-12H2,1-4H3. The third-order valence-electron chi connectivity index (χ3n) is 3.77. The van der Waals surface area contributed by atoms with Crippen LogP contribution >= 0.6 is 0 Å². The minimum atomic E-state index is 0.289. The molecule has 1 aliphatic heterocycles. The van der Waals surface area contributed by atoms with E-state index in [1.165, 1.54) is 17.5 Å². The summed E-state index contributed by atoms with van der Waals surface area (Å²) in [5, 5.41) is 3.52. The number of fused-ring (bicyclic) bond motifs is 1. The molecule has 1 atom stereocenters. The maximum absolute atomic E-state index is 6.08. The van der Waals surface area contributed by atoms with E-state index < -0.39 is 0 Å². The van der Waals surface area contributed by atoms with Crippen LogP contribution < -0.4 is 10.1 Å². The SMILES string of the molecule is CCCNCC(C)(C)CC1Cc2cc(C)ccc2O1. The molecule has 0 fully saturated rings. The van der Waals surface area contributed by atoms with Crippen molar-refractivity contribution < 1.29 is 4.74 Å². The molecule has 1 aromatic rings. The van der Waals surface area contributed by atoms with Crippen molar-refractivity contribution in [1.29, 1.82) is 0 Å². The van der Waals surface area contributed by atoms with Crippen molar-refractivity contribution in [1.82, 2.24) is 5.32 Å². The van der Waals surface area contributed by atoms with Gasteiger partial charge in [-0.1, -0.05) is 38.5 Å². The average molecular weight is 261 g/mol. The van der Waals surface area contributed by atoms with Crippen LogP contribution in [-0.4, -0.2) is 19.2 Å². The van der Waals surface area contributed by atoms with Crippen molar-refractivity contribution in [3.05, 3.63) is 29.3 Å². The van der Waals surface area contributed by atoms with E-state index in [1.807, 2.05) is 0 Å². The number of hydrogen-bond donors (Lipinski definition) is 1. The lowest BCUT2D eigenvalue weighted by Crippen LogP contribution is -2.34. The van der Waals surface area contributed by atoms with Gasteiger partial charge in [-0.25, -0.2) is 0 Å². The van der Waals surface area contributed by atoms with Crippen LogP contribution in [0.4, 0.5) is 0 Å². The van der Waals surface area contributed by atoms with Crippen molar-refractivity contribution in [2.75, 3.05) is 13.1 Å². The minimum absolute atomic E-state index is 0.289. The van der Waals surface area contributed by atoms with E-state index in [1.54, 1.807) is 0 Å². The first kappa shape index (κ1) is 14.4. The third-order valence-corrected chi connectivity index (χ3v) is 3.77. The summed E-state index contributed by atoms with van der Waals surface area (Å²) in [6, 6.07) is 6.51. The molecular weight excluding hydrogens is 234 g/mol. The van der Waals surface area contributed by atoms with Crippen LogP contribution in [0.2, 0.25) is 0 Å². The van der Waals surface area contributed by atoms with Crippen LogP contribution in [0.25, 0.3) is 0 Å². The molecule has 1 heterocycles. The van der Waals surface area contributed by atoms with E-state index in [0.717, 1.165) is 31.7 Å². The largest absolute Gasteiger partial charge is 0.490 e. The van der Waals surface area contributed by atoms with Crippen LogP contribution in [0.15, 0.2) is 18.2 Å². The van der Waals surface area contributed by atoms with E-state index in [4.69, 9.17) is 4.74 Å². The van der Waals surface area contributed by atoms with Gasteiger partial charge in [0, 0.05) is 13.0 Å². The van der Waals surface area contributed by atoms with Crippen molar-refractivity contribution in [2.24, 2.45) is 5.41 Å². The number of nitrogens with one attached hydrogen (secondary N) is 1. The minimum Gasteiger partial charge on any atom is -0.490 e. The number of rotatable bonds is 6. The van der Waals surface area contributed by atoms with Gasteiger partial charge in [-0.05, 0) is 43.4 Å². The number of hydrogen-bond acceptors (Lipinski definition) is 2. The predicted octanol–water partition coefficient (Wildman–Crippen LogP) is 3.71. The summed E-state index contributed by atoms with van der Waals surface area (Å²) in [6.07, 6.45) is 3.71. The van der Waals surface area contributed by atoms with Gasteiger partial charge in [0.15, 0.2) is 0 Å². The monoisotopic (exact) mass is 261 g/mol. The summed E-state index contributed by atoms with van der Waals surface area (Å²) in [5.41, 5.74) is 2.99. The highest BCUT2D eigenvalue weighted by atomic mass is 16.5. The number of aryl methyl sites for hydroxylation is 1. The van der Waals surface area contributed by atoms with Crippen LogP contribution in [-0.2, 0) is 6.42 Å². The Bertz CT molecular complexity index is 425. The summed E-state index contributed by atoms with van der Waals surface area (Å²) >= 11 is 0. The van der Waals surface area contributed by atoms with Gasteiger partial charge in [-0.2, -0.15) is 0 Å². The summed E-state index contributed by atoms with van der Waals surface area (Å²) in [6.45, 7) is 11.2. The zero-order valence-corrected chi connectivity index (χ0v) is 12.8. The normalized spacial score (nSPS) is 18.2. The van der Waals surface area contributed by atoms with Gasteiger partial charge in [0.2, 0.25) is 0 Å². The smallest absolute Gasteiger partial charge is 0.123 e. The third kappa shape index (κ3) is 3.97. The van der Waals surface area contributed by atoms with E-state index in [2.05, 4.69) is 51.2 Å². The Morgan fingerprint density at radius 2 is 2.16 bits per heavy atom. The van der Waals surface area contributed by atoms with Gasteiger partial charge < -0.3 is 10.1 Å². The second-order valence-electron chi connectivity index (χ2n) is 6.60. The van der Waals surface area contributed by atoms with Crippen molar-refractivity contribution in [3.8, 4) is 5.75 Å². The molecule has 0 spiro atoms. The highest BCUT2D eigenvalue weighted by Crippen LogP contribution is 2.34. The lowest BCUT2D eigenvalue weighted by atomic mass is 9.85. The molecule has 0 aliphatic carbocycles. The van der Waals surface area contributed by atoms with Gasteiger partial charge in [-0.15, -0.1) is 0 Å². The van der Waals surface area contributed by atoms with Gasteiger partial charge in [0.05, 0.1) is 0 Å². The molecule has 1 unspecified atom stereocenters. The topological polar surface area (TPSA) is 21.3 Å². The molecule has 2 nitrogen and oxygen atoms in total. The van der Waals surface area contributed by atoms with E-state index in [-0.39, 0.29) is 5.41 Å². The quantitative estimate of drug-likeness (QED) is 0.788. The first-order valence-electron chi connectivity index (χ1n) is 7.47. The van der Waals surface area contributed by atoms with Gasteiger partial charge in [0.1, 0.15) is 11.9 Å². The molecule has 0 saturated carbocycles. The van der Waals surface area contributed by atoms with Gasteiger partial charge in [-0.3, -0.25) is 0 Å². The van der Waals surface area contributed by atoms with Crippen LogP contribution in [0, 0.1) is 12.3 Å². The van der Waals surface area contributed by atoms with Crippen LogP contribution in [0.3, 0.4) is 0 Å². The Morgan fingerprint density at radius 1 is 1.37 bits per heavy atom. The Morgan fingerprint density at radius 3 is 2.89 bits per heavy atom. The Labute approximate surface area is 117 Å². The molecule has 19 heavy (non-hydrogen) atoms. The molecule has 0 amide bonds. The van der Waals surface area contributed by atoms with Crippen molar-refractivity contribution in [3.63, 3.8) is 0 Å². The molecule has 0 saturated heterocycles. The first-order chi connectivity index (χ1) is 9.00. The van der Waals surface area contributed by atoms with E-state index in [9.17, 15) is 0 Å². The van der Waals surface area contributed by atoms with Gasteiger partial charge >= 0.3 is 0 Å². The Balaban J connectivity index is 1.88. The zero-order chi connectivity index (χ0) is 13.9. The summed E-state index contributed by atoms with van der Waals surface area (Å²) in [7, 11) is 0. The molecule has 1 aliphatic rings. The molecule has 2 rings (SSSR count). The second-order valence-corrected chi connectivity index (χ2v) is 6.60. The fourth-order valence-electron chi connectivity index (χ4n) is 2.86. The average Bonchev–Trinajstić information content (AvgIpc) is 2.69. The van der Waals surface area contributed by atoms with E-state index in [0.29, 0.717) is 6.10 Å². The van der Waals surface area contributed by atoms with Crippen LogP contribution in [0.1, 0.15) is 44.7 Å². The van der Waals surface area contributed by atoms with E-state index >= 15 is 0 Å². The molecule has 106 valence electrons. The molecule has 0 radical (unpaired) electrons. The summed E-state index contributed by atoms with van der Waals surface area (Å²) < 4.78 is 6.08. The highest BCUT2D eigenvalue weighted by Gasteiger charge is 2.29. The fourth-order valence-corrected chi connectivity index (χ4v) is 2.86. The molecule has 1 N–H and O–H groups in total. The predicted molar refractivity (Wildman–Crippen MR) is 80.9 cm³/mol. The van der Waals surface area contributed by atoms with Crippen molar-refractivity contribution in [2.45, 2.75) is 53.1 Å². The first-order valence-corrected chi connectivity index (χ1v) is 7.47. The molecule has 0 bridgehead atoms. The molecule has 2 heteroatoms. The zero-order valence-electron chi connectivity index (χ0n) is 12.8. The van der Waals surface area contributed by atoms with Crippen LogP contribution in [0.5, 0.6) is 5.75 Å². The number of ether oxygens (including phenoxy) is 1. The summed E-state index contributed by atoms with van der Waals surface area (Å²) in [4.78, 5) is 0. The lowest BCUT2D eigenvalue weighted by Gasteiger charge is -2.28. The number of benzene rings is 1. The second kappa shape index (κ2) is 5.96. The fraction of sp³-hybridized carbons (Fsp3) is 0.647. The lowest BCUT2D eigenvalue weighted by molar-refractivity contribution is 0.155. The highest BCUT2D eigenvalue weighted by molar-refractivity contribution is 5.40. The summed E-state index contributed by atoms with van der Waals surface area (Å²) in [5.74, 6) is 1.09. The maximum atomic E-state index is 6.08. The molecular formula is C17H27NO. The Kier molecular flexibility index (Phi) is 4.51. The maximum Gasteiger partial charge on any atom is 0.123 e. The Hall–Kier alpha value is -1.02. The molecule has 1 aromatic carbocycles.